The molecule has 0 heterocycles. The van der Waals surface area contributed by atoms with Crippen molar-refractivity contribution in [1.82, 2.24) is 5.32 Å². The second-order valence-corrected chi connectivity index (χ2v) is 4.52. The topological polar surface area (TPSA) is 81.4 Å². The number of hydrogen-bond acceptors (Lipinski definition) is 3. The lowest BCUT2D eigenvalue weighted by Crippen LogP contribution is -2.31. The molecule has 0 saturated heterocycles. The van der Waals surface area contributed by atoms with E-state index in [1.54, 1.807) is 61.7 Å². The number of ether oxygens (including phenoxy) is 1. The number of nitrogens with two attached hydrogens (primary N) is 1. The average molecular weight is 296 g/mol. The lowest BCUT2D eigenvalue weighted by molar-refractivity contribution is -0.114. The summed E-state index contributed by atoms with van der Waals surface area (Å²) >= 11 is 0. The van der Waals surface area contributed by atoms with Crippen molar-refractivity contribution in [3.8, 4) is 5.75 Å². The number of carbonyl (C=O) groups is 2. The van der Waals surface area contributed by atoms with Crippen molar-refractivity contribution in [3.05, 3.63) is 71.4 Å². The number of carbonyl (C=O) groups excluding carboxylic acids is 2. The Morgan fingerprint density at radius 3 is 2.23 bits per heavy atom. The predicted octanol–water partition coefficient (Wildman–Crippen LogP) is 1.95. The van der Waals surface area contributed by atoms with Gasteiger partial charge in [-0.25, -0.2) is 0 Å². The van der Waals surface area contributed by atoms with Crippen LogP contribution in [0.25, 0.3) is 6.08 Å². The molecule has 2 aromatic rings. The summed E-state index contributed by atoms with van der Waals surface area (Å²) in [7, 11) is 1.57. The summed E-state index contributed by atoms with van der Waals surface area (Å²) in [6.07, 6.45) is 1.52. The molecule has 0 fully saturated rings. The molecule has 3 N–H and O–H groups in total. The summed E-state index contributed by atoms with van der Waals surface area (Å²) in [5.41, 5.74) is 6.52. The van der Waals surface area contributed by atoms with Crippen LogP contribution in [0.5, 0.6) is 5.75 Å². The molecule has 0 radical (unpaired) electrons. The van der Waals surface area contributed by atoms with Crippen molar-refractivity contribution in [2.75, 3.05) is 7.11 Å². The van der Waals surface area contributed by atoms with Gasteiger partial charge in [-0.15, -0.1) is 0 Å². The van der Waals surface area contributed by atoms with Crippen LogP contribution in [-0.4, -0.2) is 18.9 Å². The molecule has 0 atom stereocenters. The highest BCUT2D eigenvalue weighted by atomic mass is 16.5. The van der Waals surface area contributed by atoms with Crippen molar-refractivity contribution in [2.24, 2.45) is 5.73 Å². The van der Waals surface area contributed by atoms with Crippen molar-refractivity contribution >= 4 is 17.9 Å². The molecule has 0 bridgehead atoms. The van der Waals surface area contributed by atoms with Gasteiger partial charge in [-0.2, -0.15) is 0 Å². The van der Waals surface area contributed by atoms with E-state index in [0.29, 0.717) is 11.3 Å². The van der Waals surface area contributed by atoms with E-state index in [2.05, 4.69) is 5.32 Å². The lowest BCUT2D eigenvalue weighted by atomic mass is 10.1. The van der Waals surface area contributed by atoms with Crippen LogP contribution in [0.2, 0.25) is 0 Å². The molecule has 0 aromatic heterocycles. The van der Waals surface area contributed by atoms with Crippen LogP contribution in [-0.2, 0) is 4.79 Å². The number of benzene rings is 2. The molecular weight excluding hydrogens is 280 g/mol. The number of hydrogen-bond donors (Lipinski definition) is 2. The Balaban J connectivity index is 2.20. The summed E-state index contributed by atoms with van der Waals surface area (Å²) in [6, 6.07) is 15.6. The Hall–Kier alpha value is -3.08. The zero-order chi connectivity index (χ0) is 15.9. The van der Waals surface area contributed by atoms with Crippen LogP contribution in [0, 0.1) is 0 Å². The Bertz CT molecular complexity index is 692. The van der Waals surface area contributed by atoms with Gasteiger partial charge in [-0.05, 0) is 35.9 Å². The fourth-order valence-corrected chi connectivity index (χ4v) is 1.82. The third-order valence-electron chi connectivity index (χ3n) is 2.98. The quantitative estimate of drug-likeness (QED) is 0.827. The second-order valence-electron chi connectivity index (χ2n) is 4.52. The van der Waals surface area contributed by atoms with E-state index in [4.69, 9.17) is 10.5 Å². The Labute approximate surface area is 128 Å². The van der Waals surface area contributed by atoms with Crippen LogP contribution in [0.1, 0.15) is 15.9 Å². The third kappa shape index (κ3) is 3.96. The van der Waals surface area contributed by atoms with E-state index >= 15 is 0 Å². The fourth-order valence-electron chi connectivity index (χ4n) is 1.82. The van der Waals surface area contributed by atoms with Crippen molar-refractivity contribution < 1.29 is 14.3 Å². The van der Waals surface area contributed by atoms with Crippen LogP contribution in [0.3, 0.4) is 0 Å². The highest BCUT2D eigenvalue weighted by molar-refractivity contribution is 6.04. The summed E-state index contributed by atoms with van der Waals surface area (Å²) < 4.78 is 5.06. The van der Waals surface area contributed by atoms with Crippen LogP contribution in [0.4, 0.5) is 0 Å². The fraction of sp³-hybridized carbons (Fsp3) is 0.0588. The van der Waals surface area contributed by atoms with Crippen LogP contribution < -0.4 is 15.8 Å². The maximum atomic E-state index is 12.1. The minimum Gasteiger partial charge on any atom is -0.497 e. The molecule has 5 nitrogen and oxygen atoms in total. The monoisotopic (exact) mass is 296 g/mol. The average Bonchev–Trinajstić information content (AvgIpc) is 2.55. The van der Waals surface area contributed by atoms with Crippen LogP contribution in [0.15, 0.2) is 60.3 Å². The van der Waals surface area contributed by atoms with Gasteiger partial charge in [-0.1, -0.05) is 30.3 Å². The zero-order valence-electron chi connectivity index (χ0n) is 12.1. The first-order chi connectivity index (χ1) is 10.6. The maximum Gasteiger partial charge on any atom is 0.265 e. The number of nitrogens with one attached hydrogen (secondary N) is 1. The summed E-state index contributed by atoms with van der Waals surface area (Å²) in [5, 5.41) is 2.53. The molecule has 112 valence electrons. The van der Waals surface area contributed by atoms with Gasteiger partial charge in [0.1, 0.15) is 11.4 Å². The SMILES string of the molecule is COc1ccc(/C=C(\NC(=O)c2ccccc2)C(N)=O)cc1. The van der Waals surface area contributed by atoms with Gasteiger partial charge in [0, 0.05) is 5.56 Å². The molecule has 5 heteroatoms. The van der Waals surface area contributed by atoms with E-state index in [1.165, 1.54) is 6.08 Å². The largest absolute Gasteiger partial charge is 0.497 e. The smallest absolute Gasteiger partial charge is 0.265 e. The summed E-state index contributed by atoms with van der Waals surface area (Å²) in [5.74, 6) is -0.398. The van der Waals surface area contributed by atoms with Gasteiger partial charge < -0.3 is 15.8 Å². The molecule has 0 aliphatic carbocycles. The molecule has 0 unspecified atom stereocenters. The van der Waals surface area contributed by atoms with Crippen molar-refractivity contribution in [3.63, 3.8) is 0 Å². The van der Waals surface area contributed by atoms with Gasteiger partial charge in [0.15, 0.2) is 0 Å². The van der Waals surface area contributed by atoms with E-state index < -0.39 is 5.91 Å². The Morgan fingerprint density at radius 1 is 1.05 bits per heavy atom. The minimum atomic E-state index is -0.708. The number of primary amides is 1. The molecule has 2 aromatic carbocycles. The summed E-state index contributed by atoms with van der Waals surface area (Å²) in [4.78, 5) is 23.6. The molecule has 0 saturated carbocycles. The molecular formula is C17H16N2O3. The number of methoxy groups -OCH3 is 1. The predicted molar refractivity (Wildman–Crippen MR) is 84.1 cm³/mol. The van der Waals surface area contributed by atoms with E-state index in [0.717, 1.165) is 5.56 Å². The van der Waals surface area contributed by atoms with Crippen molar-refractivity contribution in [1.29, 1.82) is 0 Å². The van der Waals surface area contributed by atoms with Gasteiger partial charge in [0.25, 0.3) is 11.8 Å². The highest BCUT2D eigenvalue weighted by Crippen LogP contribution is 2.13. The highest BCUT2D eigenvalue weighted by Gasteiger charge is 2.11. The number of amides is 2. The van der Waals surface area contributed by atoms with E-state index in [9.17, 15) is 9.59 Å². The molecule has 2 amide bonds. The first-order valence-electron chi connectivity index (χ1n) is 6.62. The maximum absolute atomic E-state index is 12.1. The first-order valence-corrected chi connectivity index (χ1v) is 6.62. The van der Waals surface area contributed by atoms with E-state index in [-0.39, 0.29) is 11.6 Å². The number of rotatable bonds is 5. The molecule has 0 aliphatic heterocycles. The van der Waals surface area contributed by atoms with E-state index in [1.807, 2.05) is 0 Å². The molecule has 22 heavy (non-hydrogen) atoms. The molecule has 2 rings (SSSR count). The normalized spacial score (nSPS) is 10.9. The standard InChI is InChI=1S/C17H16N2O3/c1-22-14-9-7-12(8-10-14)11-15(16(18)20)19-17(21)13-5-3-2-4-6-13/h2-11H,1H3,(H2,18,20)(H,19,21)/b15-11-. The van der Waals surface area contributed by atoms with Gasteiger partial charge >= 0.3 is 0 Å². The second kappa shape index (κ2) is 7.08. The third-order valence-corrected chi connectivity index (χ3v) is 2.98. The Kier molecular flexibility index (Phi) is 4.93. The molecule has 0 spiro atoms. The Morgan fingerprint density at radius 2 is 1.68 bits per heavy atom. The summed E-state index contributed by atoms with van der Waals surface area (Å²) in [6.45, 7) is 0. The van der Waals surface area contributed by atoms with Crippen LogP contribution >= 0.6 is 0 Å². The van der Waals surface area contributed by atoms with Gasteiger partial charge in [0.2, 0.25) is 0 Å². The van der Waals surface area contributed by atoms with Gasteiger partial charge in [-0.3, -0.25) is 9.59 Å². The molecule has 0 aliphatic rings. The zero-order valence-corrected chi connectivity index (χ0v) is 12.1. The first kappa shape index (κ1) is 15.3. The van der Waals surface area contributed by atoms with Crippen molar-refractivity contribution in [2.45, 2.75) is 0 Å². The van der Waals surface area contributed by atoms with Gasteiger partial charge in [0.05, 0.1) is 7.11 Å². The minimum absolute atomic E-state index is 0.0269. The lowest BCUT2D eigenvalue weighted by Gasteiger charge is -2.07.